The molecule has 2 aliphatic heterocycles. The average Bonchev–Trinajstić information content (AvgIpc) is 3.19. The number of ether oxygens (including phenoxy) is 4. The molecule has 2 aliphatic rings. The molecule has 8 heteroatoms. The zero-order valence-electron chi connectivity index (χ0n) is 19.4. The first-order chi connectivity index (χ1) is 15.7. The molecule has 7 nitrogen and oxygen atoms in total. The first-order valence-electron chi connectivity index (χ1n) is 11.5. The molecule has 0 saturated carbocycles. The number of nitrogens with one attached hydrogen (secondary N) is 2. The number of rotatable bonds is 7. The van der Waals surface area contributed by atoms with Crippen LogP contribution in [0.5, 0.6) is 17.2 Å². The molecular weight excluding hydrogens is 533 g/mol. The SMILES string of the molecule is CCNC(=NCc1ccc2c(c1)OCCCO2)NCc1ccc(C)cc1OC1CCOC1.I. The van der Waals surface area contributed by atoms with Gasteiger partial charge in [-0.05, 0) is 43.2 Å². The number of aliphatic imine (C=N–C) groups is 1. The summed E-state index contributed by atoms with van der Waals surface area (Å²) in [6, 6.07) is 12.3. The zero-order chi connectivity index (χ0) is 22.2. The summed E-state index contributed by atoms with van der Waals surface area (Å²) in [6.07, 6.45) is 1.95. The molecular formula is C25H34IN3O4. The molecule has 2 N–H and O–H groups in total. The summed E-state index contributed by atoms with van der Waals surface area (Å²) in [6.45, 7) is 8.88. The third kappa shape index (κ3) is 7.40. The second kappa shape index (κ2) is 12.9. The number of nitrogens with zero attached hydrogens (tertiary/aromatic N) is 1. The summed E-state index contributed by atoms with van der Waals surface area (Å²) < 4.78 is 23.2. The maximum Gasteiger partial charge on any atom is 0.191 e. The molecule has 33 heavy (non-hydrogen) atoms. The number of benzene rings is 2. The van der Waals surface area contributed by atoms with Crippen LogP contribution in [-0.2, 0) is 17.8 Å². The van der Waals surface area contributed by atoms with Crippen molar-refractivity contribution in [3.8, 4) is 17.2 Å². The van der Waals surface area contributed by atoms with E-state index in [-0.39, 0.29) is 30.1 Å². The Balaban J connectivity index is 0.00000306. The van der Waals surface area contributed by atoms with E-state index in [1.807, 2.05) is 18.2 Å². The Hall–Kier alpha value is -2.20. The molecule has 180 valence electrons. The normalized spacial score (nSPS) is 17.6. The van der Waals surface area contributed by atoms with Gasteiger partial charge in [0.15, 0.2) is 17.5 Å². The van der Waals surface area contributed by atoms with E-state index >= 15 is 0 Å². The van der Waals surface area contributed by atoms with E-state index in [4.69, 9.17) is 23.9 Å². The molecule has 0 aromatic heterocycles. The van der Waals surface area contributed by atoms with Crippen LogP contribution in [0.25, 0.3) is 0 Å². The van der Waals surface area contributed by atoms with Gasteiger partial charge in [0.1, 0.15) is 11.9 Å². The fourth-order valence-electron chi connectivity index (χ4n) is 3.70. The minimum Gasteiger partial charge on any atom is -0.490 e. The second-order valence-corrected chi connectivity index (χ2v) is 8.09. The van der Waals surface area contributed by atoms with Crippen molar-refractivity contribution in [1.82, 2.24) is 10.6 Å². The first kappa shape index (κ1) is 25.4. The van der Waals surface area contributed by atoms with Crippen molar-refractivity contribution >= 4 is 29.9 Å². The topological polar surface area (TPSA) is 73.3 Å². The highest BCUT2D eigenvalue weighted by Gasteiger charge is 2.19. The number of halogens is 1. The number of aryl methyl sites for hydroxylation is 1. The van der Waals surface area contributed by atoms with Gasteiger partial charge in [-0.1, -0.05) is 18.2 Å². The maximum absolute atomic E-state index is 6.22. The van der Waals surface area contributed by atoms with E-state index in [0.717, 1.165) is 60.3 Å². The second-order valence-electron chi connectivity index (χ2n) is 8.09. The minimum absolute atomic E-state index is 0. The van der Waals surface area contributed by atoms with Gasteiger partial charge >= 0.3 is 0 Å². The van der Waals surface area contributed by atoms with Crippen LogP contribution >= 0.6 is 24.0 Å². The molecule has 0 aliphatic carbocycles. The van der Waals surface area contributed by atoms with E-state index in [9.17, 15) is 0 Å². The lowest BCUT2D eigenvalue weighted by Crippen LogP contribution is -2.37. The fourth-order valence-corrected chi connectivity index (χ4v) is 3.70. The lowest BCUT2D eigenvalue weighted by Gasteiger charge is -2.18. The predicted molar refractivity (Wildman–Crippen MR) is 140 cm³/mol. The number of hydrogen-bond donors (Lipinski definition) is 2. The minimum atomic E-state index is 0. The maximum atomic E-state index is 6.22. The Kier molecular flexibility index (Phi) is 9.93. The van der Waals surface area contributed by atoms with Crippen LogP contribution in [0.15, 0.2) is 41.4 Å². The molecule has 0 bridgehead atoms. The van der Waals surface area contributed by atoms with Gasteiger partial charge in [0, 0.05) is 31.5 Å². The molecule has 0 amide bonds. The molecule has 2 aromatic carbocycles. The van der Waals surface area contributed by atoms with Crippen LogP contribution in [0.1, 0.15) is 36.5 Å². The van der Waals surface area contributed by atoms with E-state index in [1.54, 1.807) is 0 Å². The lowest BCUT2D eigenvalue weighted by molar-refractivity contribution is 0.140. The third-order valence-corrected chi connectivity index (χ3v) is 5.43. The van der Waals surface area contributed by atoms with Gasteiger partial charge in [0.05, 0.1) is 33.0 Å². The van der Waals surface area contributed by atoms with Crippen molar-refractivity contribution in [2.75, 3.05) is 33.0 Å². The highest BCUT2D eigenvalue weighted by molar-refractivity contribution is 14.0. The summed E-state index contributed by atoms with van der Waals surface area (Å²) in [7, 11) is 0. The first-order valence-corrected chi connectivity index (χ1v) is 11.5. The Morgan fingerprint density at radius 1 is 1.06 bits per heavy atom. The molecule has 1 atom stereocenters. The van der Waals surface area contributed by atoms with Crippen LogP contribution in [0.2, 0.25) is 0 Å². The molecule has 2 heterocycles. The Morgan fingerprint density at radius 2 is 1.91 bits per heavy atom. The van der Waals surface area contributed by atoms with Crippen LogP contribution in [0.3, 0.4) is 0 Å². The Bertz CT molecular complexity index is 932. The van der Waals surface area contributed by atoms with Crippen LogP contribution < -0.4 is 24.8 Å². The van der Waals surface area contributed by atoms with E-state index in [2.05, 4.69) is 42.7 Å². The van der Waals surface area contributed by atoms with Crippen molar-refractivity contribution in [2.24, 2.45) is 4.99 Å². The molecule has 0 radical (unpaired) electrons. The van der Waals surface area contributed by atoms with Gasteiger partial charge in [0.2, 0.25) is 0 Å². The third-order valence-electron chi connectivity index (χ3n) is 5.43. The van der Waals surface area contributed by atoms with Crippen LogP contribution in [-0.4, -0.2) is 45.0 Å². The lowest BCUT2D eigenvalue weighted by atomic mass is 10.1. The molecule has 1 unspecified atom stereocenters. The van der Waals surface area contributed by atoms with Crippen molar-refractivity contribution < 1.29 is 18.9 Å². The number of fused-ring (bicyclic) bond motifs is 1. The van der Waals surface area contributed by atoms with Crippen LogP contribution in [0, 0.1) is 6.92 Å². The summed E-state index contributed by atoms with van der Waals surface area (Å²) >= 11 is 0. The quantitative estimate of drug-likeness (QED) is 0.297. The van der Waals surface area contributed by atoms with Gasteiger partial charge in [-0.25, -0.2) is 4.99 Å². The molecule has 2 aromatic rings. The monoisotopic (exact) mass is 567 g/mol. The highest BCUT2D eigenvalue weighted by atomic mass is 127. The summed E-state index contributed by atoms with van der Waals surface area (Å²) in [5.74, 6) is 3.27. The fraction of sp³-hybridized carbons (Fsp3) is 0.480. The Morgan fingerprint density at radius 3 is 2.70 bits per heavy atom. The smallest absolute Gasteiger partial charge is 0.191 e. The molecule has 1 fully saturated rings. The predicted octanol–water partition coefficient (Wildman–Crippen LogP) is 4.20. The van der Waals surface area contributed by atoms with Gasteiger partial charge in [-0.2, -0.15) is 0 Å². The number of guanidine groups is 1. The van der Waals surface area contributed by atoms with Gasteiger partial charge in [0.25, 0.3) is 0 Å². The zero-order valence-corrected chi connectivity index (χ0v) is 21.7. The summed E-state index contributed by atoms with van der Waals surface area (Å²) in [5.41, 5.74) is 3.35. The summed E-state index contributed by atoms with van der Waals surface area (Å²) in [5, 5.41) is 6.76. The molecule has 4 rings (SSSR count). The molecule has 1 saturated heterocycles. The standard InChI is InChI=1S/C25H33N3O4.HI/c1-3-26-25(27-15-19-6-8-22-24(14-19)31-11-4-10-30-22)28-16-20-7-5-18(2)13-23(20)32-21-9-12-29-17-21;/h5-8,13-14,21H,3-4,9-12,15-17H2,1-2H3,(H2,26,27,28);1H. The van der Waals surface area contributed by atoms with Gasteiger partial charge in [-0.15, -0.1) is 24.0 Å². The Labute approximate surface area is 213 Å². The average molecular weight is 567 g/mol. The highest BCUT2D eigenvalue weighted by Crippen LogP contribution is 2.30. The van der Waals surface area contributed by atoms with Crippen molar-refractivity contribution in [3.63, 3.8) is 0 Å². The molecule has 0 spiro atoms. The largest absolute Gasteiger partial charge is 0.490 e. The summed E-state index contributed by atoms with van der Waals surface area (Å²) in [4.78, 5) is 4.76. The van der Waals surface area contributed by atoms with Gasteiger partial charge in [-0.3, -0.25) is 0 Å². The van der Waals surface area contributed by atoms with E-state index < -0.39 is 0 Å². The van der Waals surface area contributed by atoms with Crippen molar-refractivity contribution in [1.29, 1.82) is 0 Å². The van der Waals surface area contributed by atoms with Gasteiger partial charge < -0.3 is 29.6 Å². The van der Waals surface area contributed by atoms with Crippen LogP contribution in [0.4, 0.5) is 0 Å². The van der Waals surface area contributed by atoms with Crippen molar-refractivity contribution in [3.05, 3.63) is 53.1 Å². The van der Waals surface area contributed by atoms with Crippen molar-refractivity contribution in [2.45, 2.75) is 45.9 Å². The number of hydrogen-bond acceptors (Lipinski definition) is 5. The van der Waals surface area contributed by atoms with E-state index in [1.165, 1.54) is 5.56 Å². The van der Waals surface area contributed by atoms with E-state index in [0.29, 0.717) is 32.9 Å².